The molecule has 0 aromatic heterocycles. The topological polar surface area (TPSA) is 34.1 Å². The Morgan fingerprint density at radius 2 is 1.56 bits per heavy atom. The highest BCUT2D eigenvalue weighted by molar-refractivity contribution is 6.31. The molecule has 0 spiro atoms. The minimum atomic E-state index is -0.0535. The molecule has 2 bridgehead atoms. The second-order valence-corrected chi connectivity index (χ2v) is 6.24. The highest BCUT2D eigenvalue weighted by Gasteiger charge is 2.56. The van der Waals surface area contributed by atoms with Gasteiger partial charge < -0.3 is 0 Å². The van der Waals surface area contributed by atoms with Crippen LogP contribution in [-0.2, 0) is 0 Å². The van der Waals surface area contributed by atoms with Crippen LogP contribution < -0.4 is 0 Å². The Bertz CT molecular complexity index is 578. The van der Waals surface area contributed by atoms with Crippen molar-refractivity contribution in [2.24, 2.45) is 23.7 Å². The van der Waals surface area contributed by atoms with Crippen molar-refractivity contribution in [3.05, 3.63) is 34.3 Å². The van der Waals surface area contributed by atoms with Gasteiger partial charge in [-0.05, 0) is 49.3 Å². The Hall–Kier alpha value is -1.15. The van der Waals surface area contributed by atoms with E-state index in [0.717, 1.165) is 19.3 Å². The van der Waals surface area contributed by atoms with Crippen molar-refractivity contribution < 1.29 is 9.59 Å². The zero-order valence-corrected chi connectivity index (χ0v) is 10.6. The summed E-state index contributed by atoms with van der Waals surface area (Å²) in [5.41, 5.74) is 1.15. The van der Waals surface area contributed by atoms with Gasteiger partial charge in [-0.3, -0.25) is 9.59 Å². The van der Waals surface area contributed by atoms with E-state index >= 15 is 0 Å². The van der Waals surface area contributed by atoms with Crippen LogP contribution in [0.2, 0.25) is 5.02 Å². The first kappa shape index (κ1) is 10.7. The van der Waals surface area contributed by atoms with Crippen LogP contribution >= 0.6 is 11.6 Å². The number of carbonyl (C=O) groups excluding carboxylic acids is 2. The fourth-order valence-electron chi connectivity index (χ4n) is 4.34. The number of halogens is 1. The average molecular weight is 261 g/mol. The van der Waals surface area contributed by atoms with Crippen LogP contribution in [0, 0.1) is 23.7 Å². The predicted octanol–water partition coefficient (Wildman–Crippen LogP) is 3.38. The summed E-state index contributed by atoms with van der Waals surface area (Å²) < 4.78 is 0. The quantitative estimate of drug-likeness (QED) is 0.717. The molecule has 18 heavy (non-hydrogen) atoms. The number of benzene rings is 1. The molecule has 1 aromatic rings. The number of hydrogen-bond donors (Lipinski definition) is 0. The molecule has 3 aliphatic carbocycles. The fourth-order valence-corrected chi connectivity index (χ4v) is 4.51. The van der Waals surface area contributed by atoms with Crippen LogP contribution in [0.3, 0.4) is 0 Å². The Morgan fingerprint density at radius 1 is 0.944 bits per heavy atom. The number of Topliss-reactive ketones (excluding diaryl/α,β-unsaturated/α-hetero) is 2. The Balaban J connectivity index is 1.91. The number of hydrogen-bond acceptors (Lipinski definition) is 2. The lowest BCUT2D eigenvalue weighted by Crippen LogP contribution is -2.40. The monoisotopic (exact) mass is 260 g/mol. The lowest BCUT2D eigenvalue weighted by Gasteiger charge is -2.33. The third-order valence-electron chi connectivity index (χ3n) is 5.03. The number of fused-ring (bicyclic) bond motifs is 6. The molecule has 0 saturated heterocycles. The molecule has 3 heteroatoms. The molecule has 1 aromatic carbocycles. The zero-order valence-electron chi connectivity index (χ0n) is 9.86. The second-order valence-electron chi connectivity index (χ2n) is 5.80. The van der Waals surface area contributed by atoms with Crippen molar-refractivity contribution in [3.63, 3.8) is 0 Å². The van der Waals surface area contributed by atoms with Crippen molar-refractivity contribution in [1.29, 1.82) is 0 Å². The Labute approximate surface area is 110 Å². The smallest absolute Gasteiger partial charge is 0.167 e. The van der Waals surface area contributed by atoms with Crippen molar-refractivity contribution in [1.82, 2.24) is 0 Å². The van der Waals surface area contributed by atoms with Crippen LogP contribution in [0.15, 0.2) is 18.2 Å². The molecule has 0 amide bonds. The molecular weight excluding hydrogens is 248 g/mol. The van der Waals surface area contributed by atoms with Crippen molar-refractivity contribution in [3.8, 4) is 0 Å². The molecule has 2 saturated carbocycles. The molecule has 4 atom stereocenters. The maximum Gasteiger partial charge on any atom is 0.167 e. The van der Waals surface area contributed by atoms with E-state index < -0.39 is 0 Å². The van der Waals surface area contributed by atoms with E-state index in [-0.39, 0.29) is 23.4 Å². The van der Waals surface area contributed by atoms with E-state index in [2.05, 4.69) is 0 Å². The van der Waals surface area contributed by atoms with Gasteiger partial charge in [0, 0.05) is 28.0 Å². The van der Waals surface area contributed by atoms with Crippen LogP contribution in [0.4, 0.5) is 0 Å². The van der Waals surface area contributed by atoms with Crippen LogP contribution in [0.25, 0.3) is 0 Å². The van der Waals surface area contributed by atoms with E-state index in [9.17, 15) is 9.59 Å². The zero-order chi connectivity index (χ0) is 12.4. The Kier molecular flexibility index (Phi) is 2.06. The lowest BCUT2D eigenvalue weighted by molar-refractivity contribution is 0.0661. The SMILES string of the molecule is O=C1c2ccc(Cl)cc2C(=O)C2C3CCC(C3)C12. The van der Waals surface area contributed by atoms with Gasteiger partial charge in [-0.15, -0.1) is 0 Å². The van der Waals surface area contributed by atoms with Gasteiger partial charge in [0.05, 0.1) is 0 Å². The van der Waals surface area contributed by atoms with Gasteiger partial charge in [-0.1, -0.05) is 11.6 Å². The van der Waals surface area contributed by atoms with Crippen molar-refractivity contribution in [2.45, 2.75) is 19.3 Å². The molecule has 2 nitrogen and oxygen atoms in total. The van der Waals surface area contributed by atoms with E-state index in [1.54, 1.807) is 18.2 Å². The fraction of sp³-hybridized carbons (Fsp3) is 0.467. The highest BCUT2D eigenvalue weighted by atomic mass is 35.5. The normalized spacial score (nSPS) is 36.7. The summed E-state index contributed by atoms with van der Waals surface area (Å²) >= 11 is 5.95. The number of ketones is 2. The van der Waals surface area contributed by atoms with E-state index in [1.165, 1.54) is 0 Å². The summed E-state index contributed by atoms with van der Waals surface area (Å²) in [5, 5.41) is 0.538. The third kappa shape index (κ3) is 1.19. The standard InChI is InChI=1S/C15H13ClO2/c16-9-3-4-10-11(6-9)15(18)13-8-2-1-7(5-8)12(13)14(10)17/h3-4,6-8,12-13H,1-2,5H2. The summed E-state index contributed by atoms with van der Waals surface area (Å²) in [4.78, 5) is 25.1. The Morgan fingerprint density at radius 3 is 2.22 bits per heavy atom. The van der Waals surface area contributed by atoms with Gasteiger partial charge in [0.25, 0.3) is 0 Å². The largest absolute Gasteiger partial charge is 0.294 e. The molecule has 4 unspecified atom stereocenters. The highest BCUT2D eigenvalue weighted by Crippen LogP contribution is 2.56. The third-order valence-corrected chi connectivity index (χ3v) is 5.27. The van der Waals surface area contributed by atoms with E-state index in [0.29, 0.717) is 28.0 Å². The summed E-state index contributed by atoms with van der Waals surface area (Å²) in [6.45, 7) is 0. The summed E-state index contributed by atoms with van der Waals surface area (Å²) in [5.74, 6) is 1.12. The van der Waals surface area contributed by atoms with Gasteiger partial charge >= 0.3 is 0 Å². The summed E-state index contributed by atoms with van der Waals surface area (Å²) in [6.07, 6.45) is 3.29. The van der Waals surface area contributed by atoms with Crippen LogP contribution in [0.5, 0.6) is 0 Å². The molecule has 2 fully saturated rings. The molecule has 3 aliphatic rings. The first-order valence-corrected chi connectivity index (χ1v) is 6.92. The van der Waals surface area contributed by atoms with E-state index in [1.807, 2.05) is 0 Å². The average Bonchev–Trinajstić information content (AvgIpc) is 2.96. The van der Waals surface area contributed by atoms with E-state index in [4.69, 9.17) is 11.6 Å². The molecule has 0 radical (unpaired) electrons. The second kappa shape index (κ2) is 3.45. The molecule has 0 heterocycles. The summed E-state index contributed by atoms with van der Waals surface area (Å²) in [6, 6.07) is 5.10. The van der Waals surface area contributed by atoms with Gasteiger partial charge in [-0.2, -0.15) is 0 Å². The minimum Gasteiger partial charge on any atom is -0.294 e. The first-order chi connectivity index (χ1) is 8.66. The van der Waals surface area contributed by atoms with Crippen molar-refractivity contribution >= 4 is 23.2 Å². The van der Waals surface area contributed by atoms with Gasteiger partial charge in [0.2, 0.25) is 0 Å². The molecular formula is C15H13ClO2. The predicted molar refractivity (Wildman–Crippen MR) is 67.9 cm³/mol. The molecule has 0 N–H and O–H groups in total. The lowest BCUT2D eigenvalue weighted by atomic mass is 9.67. The van der Waals surface area contributed by atoms with Gasteiger partial charge in [0.15, 0.2) is 11.6 Å². The first-order valence-electron chi connectivity index (χ1n) is 6.55. The number of rotatable bonds is 0. The van der Waals surface area contributed by atoms with Gasteiger partial charge in [-0.25, -0.2) is 0 Å². The van der Waals surface area contributed by atoms with Crippen molar-refractivity contribution in [2.75, 3.05) is 0 Å². The number of carbonyl (C=O) groups is 2. The molecule has 4 rings (SSSR count). The van der Waals surface area contributed by atoms with Crippen LogP contribution in [0.1, 0.15) is 40.0 Å². The van der Waals surface area contributed by atoms with Gasteiger partial charge in [0.1, 0.15) is 0 Å². The molecule has 92 valence electrons. The maximum absolute atomic E-state index is 12.6. The molecule has 0 aliphatic heterocycles. The summed E-state index contributed by atoms with van der Waals surface area (Å²) in [7, 11) is 0. The van der Waals surface area contributed by atoms with Crippen LogP contribution in [-0.4, -0.2) is 11.6 Å². The maximum atomic E-state index is 12.6. The minimum absolute atomic E-state index is 0.0371.